The van der Waals surface area contributed by atoms with Gasteiger partial charge < -0.3 is 20.3 Å². The van der Waals surface area contributed by atoms with Crippen LogP contribution < -0.4 is 5.32 Å². The fourth-order valence-corrected chi connectivity index (χ4v) is 9.16. The average molecular weight is 931 g/mol. The summed E-state index contributed by atoms with van der Waals surface area (Å²) < 4.78 is 5.47. The normalized spacial score (nSPS) is 12.7. The van der Waals surface area contributed by atoms with E-state index < -0.39 is 12.1 Å². The number of amides is 1. The number of rotatable bonds is 55. The van der Waals surface area contributed by atoms with E-state index in [-0.39, 0.29) is 18.5 Å². The van der Waals surface area contributed by atoms with Crippen molar-refractivity contribution in [2.75, 3.05) is 13.2 Å². The summed E-state index contributed by atoms with van der Waals surface area (Å²) in [5.74, 6) is -0.0652. The maximum absolute atomic E-state index is 12.5. The Bertz CT molecular complexity index is 1030. The maximum Gasteiger partial charge on any atom is 0.305 e. The highest BCUT2D eigenvalue weighted by Gasteiger charge is 2.18. The Morgan fingerprint density at radius 2 is 0.712 bits per heavy atom. The minimum Gasteiger partial charge on any atom is -0.466 e. The number of nitrogens with one attached hydrogen (secondary N) is 1. The van der Waals surface area contributed by atoms with Gasteiger partial charge in [0.15, 0.2) is 0 Å². The lowest BCUT2D eigenvalue weighted by Crippen LogP contribution is -2.45. The predicted molar refractivity (Wildman–Crippen MR) is 287 cm³/mol. The summed E-state index contributed by atoms with van der Waals surface area (Å²) >= 11 is 0. The Labute approximate surface area is 411 Å². The first-order valence-electron chi connectivity index (χ1n) is 29.6. The zero-order valence-corrected chi connectivity index (χ0v) is 44.4. The molecule has 6 heteroatoms. The first kappa shape index (κ1) is 64.3. The molecule has 390 valence electrons. The number of allylic oxidation sites excluding steroid dienone is 3. The molecular weight excluding hydrogens is 815 g/mol. The van der Waals surface area contributed by atoms with Gasteiger partial charge in [-0.2, -0.15) is 0 Å². The molecule has 66 heavy (non-hydrogen) atoms. The number of aliphatic hydroxyl groups excluding tert-OH is 2. The number of carbonyl (C=O) groups is 2. The smallest absolute Gasteiger partial charge is 0.305 e. The van der Waals surface area contributed by atoms with Gasteiger partial charge in [0.25, 0.3) is 0 Å². The van der Waals surface area contributed by atoms with Gasteiger partial charge in [0.1, 0.15) is 0 Å². The van der Waals surface area contributed by atoms with Crippen LogP contribution in [0, 0.1) is 0 Å². The predicted octanol–water partition coefficient (Wildman–Crippen LogP) is 18.2. The van der Waals surface area contributed by atoms with Crippen molar-refractivity contribution in [1.82, 2.24) is 5.32 Å². The molecule has 3 N–H and O–H groups in total. The van der Waals surface area contributed by atoms with Gasteiger partial charge in [0.05, 0.1) is 25.4 Å². The fraction of sp³-hybridized carbons (Fsp3) is 0.900. The van der Waals surface area contributed by atoms with Gasteiger partial charge in [0.2, 0.25) is 5.91 Å². The van der Waals surface area contributed by atoms with Crippen LogP contribution in [0.1, 0.15) is 322 Å². The summed E-state index contributed by atoms with van der Waals surface area (Å²) in [6, 6.07) is -0.633. The monoisotopic (exact) mass is 930 g/mol. The van der Waals surface area contributed by atoms with Crippen molar-refractivity contribution in [2.24, 2.45) is 0 Å². The molecule has 0 heterocycles. The number of carbonyl (C=O) groups excluding carboxylic acids is 2. The minimum atomic E-state index is -0.848. The molecule has 0 aromatic carbocycles. The molecule has 0 radical (unpaired) electrons. The second kappa shape index (κ2) is 55.9. The molecule has 0 aliphatic rings. The Morgan fingerprint density at radius 3 is 1.08 bits per heavy atom. The number of hydrogen-bond acceptors (Lipinski definition) is 5. The number of aliphatic hydroxyl groups is 2. The van der Waals surface area contributed by atoms with Crippen molar-refractivity contribution < 1.29 is 24.5 Å². The third-order valence-corrected chi connectivity index (χ3v) is 13.7. The Morgan fingerprint density at radius 1 is 0.409 bits per heavy atom. The molecular formula is C60H115NO5. The molecule has 0 saturated heterocycles. The van der Waals surface area contributed by atoms with E-state index in [1.807, 2.05) is 6.08 Å². The summed E-state index contributed by atoms with van der Waals surface area (Å²) in [4.78, 5) is 24.5. The van der Waals surface area contributed by atoms with E-state index >= 15 is 0 Å². The van der Waals surface area contributed by atoms with Gasteiger partial charge in [0, 0.05) is 12.8 Å². The highest BCUT2D eigenvalue weighted by Crippen LogP contribution is 2.17. The Kier molecular flexibility index (Phi) is 54.5. The van der Waals surface area contributed by atoms with E-state index in [1.165, 1.54) is 250 Å². The second-order valence-corrected chi connectivity index (χ2v) is 20.3. The largest absolute Gasteiger partial charge is 0.466 e. The standard InChI is InChI=1S/C60H115NO5/c1-3-5-7-9-11-13-15-17-25-29-32-36-40-44-48-52-58(63)57(56-62)61-59(64)53-49-45-41-37-33-30-26-23-21-19-18-20-22-24-27-31-35-39-43-47-51-55-66-60(65)54-50-46-42-38-34-28-16-14-12-10-8-6-4-2/h19,21,48,52,57-58,62-63H,3-18,20,22-47,49-51,53-56H2,1-2H3,(H,61,64)/b21-19-,52-48+. The van der Waals surface area contributed by atoms with Gasteiger partial charge in [-0.1, -0.05) is 276 Å². The summed E-state index contributed by atoms with van der Waals surface area (Å²) in [7, 11) is 0. The van der Waals surface area contributed by atoms with Crippen molar-refractivity contribution in [1.29, 1.82) is 0 Å². The number of ether oxygens (including phenoxy) is 1. The average Bonchev–Trinajstić information content (AvgIpc) is 3.32. The molecule has 0 aliphatic heterocycles. The van der Waals surface area contributed by atoms with Gasteiger partial charge in [-0.3, -0.25) is 9.59 Å². The van der Waals surface area contributed by atoms with Gasteiger partial charge in [-0.25, -0.2) is 0 Å². The van der Waals surface area contributed by atoms with Gasteiger partial charge in [-0.15, -0.1) is 0 Å². The van der Waals surface area contributed by atoms with E-state index in [0.29, 0.717) is 19.4 Å². The Balaban J connectivity index is 3.44. The molecule has 1 amide bonds. The van der Waals surface area contributed by atoms with Crippen LogP contribution in [0.25, 0.3) is 0 Å². The quantitative estimate of drug-likeness (QED) is 0.0321. The molecule has 0 bridgehead atoms. The Hall–Kier alpha value is -1.66. The molecule has 0 saturated carbocycles. The minimum absolute atomic E-state index is 0.00923. The van der Waals surface area contributed by atoms with Crippen LogP contribution in [0.15, 0.2) is 24.3 Å². The first-order chi connectivity index (χ1) is 32.5. The van der Waals surface area contributed by atoms with Crippen LogP contribution >= 0.6 is 0 Å². The third kappa shape index (κ3) is 51.7. The van der Waals surface area contributed by atoms with Crippen molar-refractivity contribution >= 4 is 11.9 Å². The molecule has 2 unspecified atom stereocenters. The maximum atomic E-state index is 12.5. The summed E-state index contributed by atoms with van der Waals surface area (Å²) in [6.45, 7) is 4.91. The molecule has 0 aliphatic carbocycles. The van der Waals surface area contributed by atoms with Crippen LogP contribution in [-0.4, -0.2) is 47.4 Å². The van der Waals surface area contributed by atoms with Gasteiger partial charge >= 0.3 is 5.97 Å². The summed E-state index contributed by atoms with van der Waals surface area (Å²) in [5.41, 5.74) is 0. The van der Waals surface area contributed by atoms with Crippen molar-refractivity contribution in [3.63, 3.8) is 0 Å². The second-order valence-electron chi connectivity index (χ2n) is 20.3. The molecule has 0 aromatic heterocycles. The van der Waals surface area contributed by atoms with Crippen LogP contribution in [0.3, 0.4) is 0 Å². The van der Waals surface area contributed by atoms with E-state index in [9.17, 15) is 19.8 Å². The molecule has 0 rings (SSSR count). The highest BCUT2D eigenvalue weighted by molar-refractivity contribution is 5.76. The fourth-order valence-electron chi connectivity index (χ4n) is 9.16. The highest BCUT2D eigenvalue weighted by atomic mass is 16.5. The molecule has 0 aromatic rings. The van der Waals surface area contributed by atoms with E-state index in [4.69, 9.17) is 4.74 Å². The lowest BCUT2D eigenvalue weighted by molar-refractivity contribution is -0.143. The molecule has 0 fully saturated rings. The van der Waals surface area contributed by atoms with Crippen molar-refractivity contribution in [3.8, 4) is 0 Å². The van der Waals surface area contributed by atoms with Gasteiger partial charge in [-0.05, 0) is 57.8 Å². The zero-order valence-electron chi connectivity index (χ0n) is 44.4. The molecule has 0 spiro atoms. The molecule has 2 atom stereocenters. The van der Waals surface area contributed by atoms with Crippen LogP contribution in [0.2, 0.25) is 0 Å². The van der Waals surface area contributed by atoms with Crippen LogP contribution in [0.5, 0.6) is 0 Å². The zero-order chi connectivity index (χ0) is 47.9. The number of esters is 1. The summed E-state index contributed by atoms with van der Waals surface area (Å²) in [6.07, 6.45) is 67.7. The van der Waals surface area contributed by atoms with Crippen LogP contribution in [-0.2, 0) is 14.3 Å². The molecule has 6 nitrogen and oxygen atoms in total. The topological polar surface area (TPSA) is 95.9 Å². The lowest BCUT2D eigenvalue weighted by Gasteiger charge is -2.20. The van der Waals surface area contributed by atoms with E-state index in [1.54, 1.807) is 6.08 Å². The van der Waals surface area contributed by atoms with Crippen molar-refractivity contribution in [3.05, 3.63) is 24.3 Å². The lowest BCUT2D eigenvalue weighted by atomic mass is 10.0. The first-order valence-corrected chi connectivity index (χ1v) is 29.6. The van der Waals surface area contributed by atoms with E-state index in [2.05, 4.69) is 31.3 Å². The third-order valence-electron chi connectivity index (χ3n) is 13.7. The SMILES string of the molecule is CCCCCCCCCCCCCCC/C=C/C(O)C(CO)NC(=O)CCCCCCCCC/C=C\CCCCCCCCCCCCOC(=O)CCCCCCCCCCCCCCC. The van der Waals surface area contributed by atoms with Crippen molar-refractivity contribution in [2.45, 2.75) is 334 Å². The summed E-state index contributed by atoms with van der Waals surface area (Å²) in [5, 5.41) is 23.1. The van der Waals surface area contributed by atoms with Crippen LogP contribution in [0.4, 0.5) is 0 Å². The van der Waals surface area contributed by atoms with E-state index in [0.717, 1.165) is 44.9 Å². The number of unbranched alkanes of at least 4 members (excludes halogenated alkanes) is 42. The number of hydrogen-bond donors (Lipinski definition) is 3.